The van der Waals surface area contributed by atoms with Gasteiger partial charge in [-0.25, -0.2) is 0 Å². The highest BCUT2D eigenvalue weighted by Gasteiger charge is 2.33. The number of rotatable bonds is 3. The van der Waals surface area contributed by atoms with Crippen molar-refractivity contribution in [3.05, 3.63) is 39.9 Å². The minimum atomic E-state index is -0.531. The van der Waals surface area contributed by atoms with Gasteiger partial charge in [-0.05, 0) is 31.7 Å². The highest BCUT2D eigenvalue weighted by atomic mass is 16.6. The Morgan fingerprint density at radius 2 is 1.62 bits per heavy atom. The number of benzene rings is 1. The SMILES string of the molecule is O=C(c1ccccc1[N+](=O)[O-])N1CCC[C@H](C(=O)N2CCCCCC2)C1. The van der Waals surface area contributed by atoms with E-state index in [0.717, 1.165) is 51.6 Å². The molecule has 26 heavy (non-hydrogen) atoms. The van der Waals surface area contributed by atoms with Crippen LogP contribution in [0.4, 0.5) is 5.69 Å². The van der Waals surface area contributed by atoms with Crippen molar-refractivity contribution < 1.29 is 14.5 Å². The first-order chi connectivity index (χ1) is 12.6. The summed E-state index contributed by atoms with van der Waals surface area (Å²) in [5.74, 6) is -0.425. The molecule has 0 unspecified atom stereocenters. The molecule has 2 aliphatic rings. The lowest BCUT2D eigenvalue weighted by molar-refractivity contribution is -0.385. The van der Waals surface area contributed by atoms with E-state index >= 15 is 0 Å². The van der Waals surface area contributed by atoms with E-state index in [1.54, 1.807) is 17.0 Å². The summed E-state index contributed by atoms with van der Waals surface area (Å²) in [4.78, 5) is 39.9. The molecule has 0 bridgehead atoms. The minimum absolute atomic E-state index is 0.0976. The lowest BCUT2D eigenvalue weighted by Crippen LogP contribution is -2.47. The number of nitrogens with zero attached hydrogens (tertiary/aromatic N) is 3. The van der Waals surface area contributed by atoms with Gasteiger partial charge in [-0.2, -0.15) is 0 Å². The van der Waals surface area contributed by atoms with Crippen LogP contribution in [0.5, 0.6) is 0 Å². The standard InChI is InChI=1S/C19H25N3O4/c23-18(20-11-5-1-2-6-12-20)15-8-7-13-21(14-15)19(24)16-9-3-4-10-17(16)22(25)26/h3-4,9-10,15H,1-2,5-8,11-14H2/t15-/m0/s1. The number of carbonyl (C=O) groups excluding carboxylic acids is 2. The lowest BCUT2D eigenvalue weighted by atomic mass is 9.95. The van der Waals surface area contributed by atoms with Crippen LogP contribution in [-0.2, 0) is 4.79 Å². The fourth-order valence-electron chi connectivity index (χ4n) is 3.90. The van der Waals surface area contributed by atoms with Gasteiger partial charge in [0, 0.05) is 32.2 Å². The molecule has 2 saturated heterocycles. The summed E-state index contributed by atoms with van der Waals surface area (Å²) in [7, 11) is 0. The van der Waals surface area contributed by atoms with Gasteiger partial charge < -0.3 is 9.80 Å². The molecule has 3 rings (SSSR count). The molecule has 0 N–H and O–H groups in total. The topological polar surface area (TPSA) is 83.8 Å². The Bertz CT molecular complexity index is 683. The van der Waals surface area contributed by atoms with Crippen LogP contribution in [0.3, 0.4) is 0 Å². The van der Waals surface area contributed by atoms with E-state index in [0.29, 0.717) is 13.1 Å². The molecule has 0 aromatic heterocycles. The molecule has 0 saturated carbocycles. The monoisotopic (exact) mass is 359 g/mol. The summed E-state index contributed by atoms with van der Waals surface area (Å²) in [5.41, 5.74) is -0.0844. The number of carbonyl (C=O) groups is 2. The van der Waals surface area contributed by atoms with Crippen LogP contribution in [0.1, 0.15) is 48.9 Å². The Morgan fingerprint density at radius 1 is 0.962 bits per heavy atom. The van der Waals surface area contributed by atoms with Crippen molar-refractivity contribution in [2.75, 3.05) is 26.2 Å². The number of nitro benzene ring substituents is 1. The van der Waals surface area contributed by atoms with Crippen LogP contribution in [-0.4, -0.2) is 52.7 Å². The second-order valence-electron chi connectivity index (χ2n) is 7.10. The Labute approximate surface area is 153 Å². The van der Waals surface area contributed by atoms with E-state index in [9.17, 15) is 19.7 Å². The van der Waals surface area contributed by atoms with Crippen molar-refractivity contribution in [3.63, 3.8) is 0 Å². The van der Waals surface area contributed by atoms with E-state index in [4.69, 9.17) is 0 Å². The van der Waals surface area contributed by atoms with Crippen molar-refractivity contribution in [1.82, 2.24) is 9.80 Å². The van der Waals surface area contributed by atoms with Crippen molar-refractivity contribution in [1.29, 1.82) is 0 Å². The van der Waals surface area contributed by atoms with Gasteiger partial charge in [0.15, 0.2) is 0 Å². The van der Waals surface area contributed by atoms with Crippen LogP contribution in [0.15, 0.2) is 24.3 Å². The summed E-state index contributed by atoms with van der Waals surface area (Å²) in [6.45, 7) is 2.48. The fourth-order valence-corrected chi connectivity index (χ4v) is 3.90. The molecule has 140 valence electrons. The zero-order valence-corrected chi connectivity index (χ0v) is 14.9. The molecule has 7 heteroatoms. The number of likely N-dealkylation sites (tertiary alicyclic amines) is 2. The van der Waals surface area contributed by atoms with Gasteiger partial charge in [0.05, 0.1) is 10.8 Å². The Kier molecular flexibility index (Phi) is 5.85. The van der Waals surface area contributed by atoms with Crippen LogP contribution >= 0.6 is 0 Å². The molecule has 0 aliphatic carbocycles. The summed E-state index contributed by atoms with van der Waals surface area (Å²) in [5, 5.41) is 11.2. The lowest BCUT2D eigenvalue weighted by Gasteiger charge is -2.34. The Morgan fingerprint density at radius 3 is 2.31 bits per heavy atom. The summed E-state index contributed by atoms with van der Waals surface area (Å²) in [6, 6.07) is 6.01. The summed E-state index contributed by atoms with van der Waals surface area (Å²) in [6.07, 6.45) is 5.93. The largest absolute Gasteiger partial charge is 0.342 e. The average Bonchev–Trinajstić information content (AvgIpc) is 2.96. The maximum Gasteiger partial charge on any atom is 0.282 e. The molecule has 2 heterocycles. The minimum Gasteiger partial charge on any atom is -0.342 e. The molecule has 1 atom stereocenters. The zero-order chi connectivity index (χ0) is 18.5. The molecule has 0 spiro atoms. The maximum atomic E-state index is 12.9. The number of amides is 2. The van der Waals surface area contributed by atoms with Crippen LogP contribution in [0, 0.1) is 16.0 Å². The van der Waals surface area contributed by atoms with Crippen molar-refractivity contribution in [3.8, 4) is 0 Å². The molecule has 2 fully saturated rings. The van der Waals surface area contributed by atoms with Gasteiger partial charge in [0.2, 0.25) is 5.91 Å². The molecular formula is C19H25N3O4. The van der Waals surface area contributed by atoms with E-state index in [1.807, 2.05) is 4.90 Å². The quantitative estimate of drug-likeness (QED) is 0.614. The molecule has 2 amide bonds. The first kappa shape index (κ1) is 18.4. The summed E-state index contributed by atoms with van der Waals surface area (Å²) < 4.78 is 0. The van der Waals surface area contributed by atoms with Crippen molar-refractivity contribution in [2.45, 2.75) is 38.5 Å². The predicted octanol–water partition coefficient (Wildman–Crippen LogP) is 2.85. The van der Waals surface area contributed by atoms with E-state index in [1.165, 1.54) is 12.1 Å². The third-order valence-electron chi connectivity index (χ3n) is 5.31. The predicted molar refractivity (Wildman–Crippen MR) is 96.8 cm³/mol. The van der Waals surface area contributed by atoms with Gasteiger partial charge in [-0.15, -0.1) is 0 Å². The molecule has 1 aromatic rings. The Balaban J connectivity index is 1.71. The van der Waals surface area contributed by atoms with Crippen LogP contribution in [0.25, 0.3) is 0 Å². The second-order valence-corrected chi connectivity index (χ2v) is 7.10. The number of hydrogen-bond donors (Lipinski definition) is 0. The first-order valence-electron chi connectivity index (χ1n) is 9.39. The Hall–Kier alpha value is -2.44. The third-order valence-corrected chi connectivity index (χ3v) is 5.31. The molecule has 1 aromatic carbocycles. The second kappa shape index (κ2) is 8.29. The number of para-hydroxylation sites is 1. The zero-order valence-electron chi connectivity index (χ0n) is 14.9. The molecular weight excluding hydrogens is 334 g/mol. The maximum absolute atomic E-state index is 12.9. The molecule has 0 radical (unpaired) electrons. The van der Waals surface area contributed by atoms with E-state index < -0.39 is 4.92 Å². The smallest absolute Gasteiger partial charge is 0.282 e. The van der Waals surface area contributed by atoms with Gasteiger partial charge in [-0.1, -0.05) is 25.0 Å². The number of piperidine rings is 1. The normalized spacial score (nSPS) is 21.2. The summed E-state index contributed by atoms with van der Waals surface area (Å²) >= 11 is 0. The van der Waals surface area contributed by atoms with Crippen molar-refractivity contribution in [2.24, 2.45) is 5.92 Å². The van der Waals surface area contributed by atoms with Crippen molar-refractivity contribution >= 4 is 17.5 Å². The third kappa shape index (κ3) is 4.03. The van der Waals surface area contributed by atoms with Gasteiger partial charge >= 0.3 is 0 Å². The average molecular weight is 359 g/mol. The highest BCUT2D eigenvalue weighted by molar-refractivity contribution is 5.98. The molecule has 2 aliphatic heterocycles. The first-order valence-corrected chi connectivity index (χ1v) is 9.39. The van der Waals surface area contributed by atoms with Gasteiger partial charge in [0.25, 0.3) is 11.6 Å². The molecule has 7 nitrogen and oxygen atoms in total. The van der Waals surface area contributed by atoms with Gasteiger partial charge in [0.1, 0.15) is 5.56 Å². The van der Waals surface area contributed by atoms with Gasteiger partial charge in [-0.3, -0.25) is 19.7 Å². The van der Waals surface area contributed by atoms with E-state index in [2.05, 4.69) is 0 Å². The van der Waals surface area contributed by atoms with E-state index in [-0.39, 0.29) is 29.0 Å². The highest BCUT2D eigenvalue weighted by Crippen LogP contribution is 2.25. The fraction of sp³-hybridized carbons (Fsp3) is 0.579. The van der Waals surface area contributed by atoms with Crippen LogP contribution in [0.2, 0.25) is 0 Å². The number of nitro groups is 1. The number of hydrogen-bond acceptors (Lipinski definition) is 4. The van der Waals surface area contributed by atoms with Crippen LogP contribution < -0.4 is 0 Å².